The van der Waals surface area contributed by atoms with Gasteiger partial charge in [0.2, 0.25) is 0 Å². The molecule has 1 N–H and O–H groups in total. The topological polar surface area (TPSA) is 12.0 Å². The van der Waals surface area contributed by atoms with Gasteiger partial charge in [0, 0.05) is 6.04 Å². The van der Waals surface area contributed by atoms with Crippen LogP contribution in [0.2, 0.25) is 5.02 Å². The van der Waals surface area contributed by atoms with Crippen LogP contribution in [0.4, 0.5) is 4.39 Å². The minimum absolute atomic E-state index is 0.205. The Labute approximate surface area is 120 Å². The Morgan fingerprint density at radius 2 is 2.21 bits per heavy atom. The summed E-state index contributed by atoms with van der Waals surface area (Å²) < 4.78 is 13.5. The minimum atomic E-state index is -0.314. The fourth-order valence-corrected chi connectivity index (χ4v) is 3.39. The molecule has 1 aromatic carbocycles. The van der Waals surface area contributed by atoms with Crippen molar-refractivity contribution < 1.29 is 4.39 Å². The first-order chi connectivity index (χ1) is 9.10. The molecule has 1 aromatic rings. The highest BCUT2D eigenvalue weighted by Crippen LogP contribution is 2.32. The molecule has 3 unspecified atom stereocenters. The average Bonchev–Trinajstić information content (AvgIpc) is 2.40. The van der Waals surface area contributed by atoms with Gasteiger partial charge in [-0.2, -0.15) is 0 Å². The van der Waals surface area contributed by atoms with Crippen LogP contribution in [0.3, 0.4) is 0 Å². The number of rotatable bonds is 4. The second-order valence-corrected chi connectivity index (χ2v) is 6.29. The molecule has 1 fully saturated rings. The zero-order valence-corrected chi connectivity index (χ0v) is 12.5. The maximum Gasteiger partial charge on any atom is 0.142 e. The van der Waals surface area contributed by atoms with Crippen LogP contribution in [0, 0.1) is 17.7 Å². The zero-order valence-electron chi connectivity index (χ0n) is 11.8. The molecule has 106 valence electrons. The molecular weight excluding hydrogens is 261 g/mol. The molecule has 0 spiro atoms. The van der Waals surface area contributed by atoms with Gasteiger partial charge < -0.3 is 5.32 Å². The number of halogens is 2. The standard InChI is InChI=1S/C16H23ClFN/c1-11-4-3-5-13(8-11)16(19-2)10-12-6-7-14(17)15(18)9-12/h6-7,9,11,13,16,19H,3-5,8,10H2,1-2H3. The van der Waals surface area contributed by atoms with Gasteiger partial charge >= 0.3 is 0 Å². The van der Waals surface area contributed by atoms with Gasteiger partial charge in [-0.3, -0.25) is 0 Å². The lowest BCUT2D eigenvalue weighted by molar-refractivity contribution is 0.227. The molecule has 2 rings (SSSR count). The molecule has 1 nitrogen and oxygen atoms in total. The van der Waals surface area contributed by atoms with E-state index in [1.165, 1.54) is 25.7 Å². The van der Waals surface area contributed by atoms with Gasteiger partial charge in [0.1, 0.15) is 5.82 Å². The second kappa shape index (κ2) is 6.71. The summed E-state index contributed by atoms with van der Waals surface area (Å²) in [5, 5.41) is 3.62. The molecule has 0 bridgehead atoms. The fourth-order valence-electron chi connectivity index (χ4n) is 3.27. The summed E-state index contributed by atoms with van der Waals surface area (Å²) in [6.45, 7) is 2.33. The van der Waals surface area contributed by atoms with E-state index < -0.39 is 0 Å². The van der Waals surface area contributed by atoms with E-state index in [4.69, 9.17) is 11.6 Å². The third-order valence-corrected chi connectivity index (χ3v) is 4.66. The third-order valence-electron chi connectivity index (χ3n) is 4.36. The van der Waals surface area contributed by atoms with Gasteiger partial charge in [0.05, 0.1) is 5.02 Å². The van der Waals surface area contributed by atoms with Crippen molar-refractivity contribution in [3.8, 4) is 0 Å². The van der Waals surface area contributed by atoms with E-state index in [0.29, 0.717) is 12.0 Å². The molecule has 0 aromatic heterocycles. The summed E-state index contributed by atoms with van der Waals surface area (Å²) >= 11 is 5.73. The molecule has 0 heterocycles. The first-order valence-corrected chi connectivity index (χ1v) is 7.59. The minimum Gasteiger partial charge on any atom is -0.316 e. The molecule has 19 heavy (non-hydrogen) atoms. The molecule has 1 aliphatic rings. The van der Waals surface area contributed by atoms with Crippen molar-refractivity contribution in [1.29, 1.82) is 0 Å². The lowest BCUT2D eigenvalue weighted by Crippen LogP contribution is -2.37. The van der Waals surface area contributed by atoms with Crippen molar-refractivity contribution in [2.24, 2.45) is 11.8 Å². The summed E-state index contributed by atoms with van der Waals surface area (Å²) in [7, 11) is 2.01. The quantitative estimate of drug-likeness (QED) is 0.862. The normalized spacial score (nSPS) is 25.3. The van der Waals surface area contributed by atoms with Crippen LogP contribution in [0.15, 0.2) is 18.2 Å². The maximum atomic E-state index is 13.5. The van der Waals surface area contributed by atoms with Gasteiger partial charge in [-0.25, -0.2) is 4.39 Å². The van der Waals surface area contributed by atoms with E-state index in [9.17, 15) is 4.39 Å². The Hall–Kier alpha value is -0.600. The molecule has 0 aliphatic heterocycles. The first-order valence-electron chi connectivity index (χ1n) is 7.21. The number of benzene rings is 1. The SMILES string of the molecule is CNC(Cc1ccc(Cl)c(F)c1)C1CCCC(C)C1. The van der Waals surface area contributed by atoms with Crippen molar-refractivity contribution in [3.63, 3.8) is 0 Å². The van der Waals surface area contributed by atoms with Crippen LogP contribution in [0.25, 0.3) is 0 Å². The summed E-state index contributed by atoms with van der Waals surface area (Å²) in [6, 6.07) is 5.59. The Morgan fingerprint density at radius 3 is 2.84 bits per heavy atom. The van der Waals surface area contributed by atoms with E-state index in [1.807, 2.05) is 13.1 Å². The predicted molar refractivity (Wildman–Crippen MR) is 79.1 cm³/mol. The predicted octanol–water partition coefficient (Wildman–Crippen LogP) is 4.44. The molecule has 0 saturated heterocycles. The highest BCUT2D eigenvalue weighted by molar-refractivity contribution is 6.30. The number of nitrogens with one attached hydrogen (secondary N) is 1. The summed E-state index contributed by atoms with van der Waals surface area (Å²) in [4.78, 5) is 0. The highest BCUT2D eigenvalue weighted by Gasteiger charge is 2.25. The molecule has 1 aliphatic carbocycles. The van der Waals surface area contributed by atoms with Gasteiger partial charge in [-0.15, -0.1) is 0 Å². The maximum absolute atomic E-state index is 13.5. The Kier molecular flexibility index (Phi) is 5.23. The van der Waals surface area contributed by atoms with E-state index in [2.05, 4.69) is 12.2 Å². The Morgan fingerprint density at radius 1 is 1.42 bits per heavy atom. The summed E-state index contributed by atoms with van der Waals surface area (Å²) in [5.74, 6) is 1.20. The van der Waals surface area contributed by atoms with Crippen molar-refractivity contribution >= 4 is 11.6 Å². The molecule has 3 heteroatoms. The molecule has 3 atom stereocenters. The zero-order chi connectivity index (χ0) is 13.8. The Bertz CT molecular complexity index is 421. The molecule has 0 amide bonds. The molecule has 0 radical (unpaired) electrons. The van der Waals surface area contributed by atoms with Crippen LogP contribution in [-0.2, 0) is 6.42 Å². The molecular formula is C16H23ClFN. The average molecular weight is 284 g/mol. The summed E-state index contributed by atoms with van der Waals surface area (Å²) in [5.41, 5.74) is 1.03. The van der Waals surface area contributed by atoms with E-state index in [1.54, 1.807) is 12.1 Å². The van der Waals surface area contributed by atoms with Crippen LogP contribution in [-0.4, -0.2) is 13.1 Å². The van der Waals surface area contributed by atoms with Crippen molar-refractivity contribution in [2.45, 2.75) is 45.1 Å². The first kappa shape index (κ1) is 14.8. The van der Waals surface area contributed by atoms with Crippen LogP contribution >= 0.6 is 11.6 Å². The van der Waals surface area contributed by atoms with E-state index >= 15 is 0 Å². The fraction of sp³-hybridized carbons (Fsp3) is 0.625. The van der Waals surface area contributed by atoms with Gasteiger partial charge in [0.25, 0.3) is 0 Å². The van der Waals surface area contributed by atoms with Gasteiger partial charge in [-0.1, -0.05) is 37.4 Å². The van der Waals surface area contributed by atoms with Gasteiger partial charge in [-0.05, 0) is 55.8 Å². The van der Waals surface area contributed by atoms with E-state index in [0.717, 1.165) is 17.9 Å². The van der Waals surface area contributed by atoms with E-state index in [-0.39, 0.29) is 10.8 Å². The van der Waals surface area contributed by atoms with Gasteiger partial charge in [0.15, 0.2) is 0 Å². The second-order valence-electron chi connectivity index (χ2n) is 5.88. The largest absolute Gasteiger partial charge is 0.316 e. The van der Waals surface area contributed by atoms with Crippen molar-refractivity contribution in [3.05, 3.63) is 34.6 Å². The molecule has 1 saturated carbocycles. The smallest absolute Gasteiger partial charge is 0.142 e. The van der Waals surface area contributed by atoms with Crippen LogP contribution < -0.4 is 5.32 Å². The Balaban J connectivity index is 2.03. The number of likely N-dealkylation sites (N-methyl/N-ethyl adjacent to an activating group) is 1. The van der Waals surface area contributed by atoms with Crippen molar-refractivity contribution in [1.82, 2.24) is 5.32 Å². The number of hydrogen-bond donors (Lipinski definition) is 1. The monoisotopic (exact) mass is 283 g/mol. The summed E-state index contributed by atoms with van der Waals surface area (Å²) in [6.07, 6.45) is 6.11. The lowest BCUT2D eigenvalue weighted by Gasteiger charge is -2.33. The highest BCUT2D eigenvalue weighted by atomic mass is 35.5. The van der Waals surface area contributed by atoms with Crippen LogP contribution in [0.1, 0.15) is 38.2 Å². The van der Waals surface area contributed by atoms with Crippen LogP contribution in [0.5, 0.6) is 0 Å². The third kappa shape index (κ3) is 3.93. The lowest BCUT2D eigenvalue weighted by atomic mass is 9.77. The number of hydrogen-bond acceptors (Lipinski definition) is 1. The van der Waals surface area contributed by atoms with Crippen molar-refractivity contribution in [2.75, 3.05) is 7.05 Å².